The average Bonchev–Trinajstić information content (AvgIpc) is 3.06. The second-order valence-electron chi connectivity index (χ2n) is 6.35. The van der Waals surface area contributed by atoms with Crippen LogP contribution < -0.4 is 5.32 Å². The van der Waals surface area contributed by atoms with Crippen molar-refractivity contribution in [2.75, 3.05) is 13.1 Å². The predicted molar refractivity (Wildman–Crippen MR) is 81.3 cm³/mol. The van der Waals surface area contributed by atoms with Crippen LogP contribution >= 0.6 is 0 Å². The number of nitriles is 1. The zero-order valence-electron chi connectivity index (χ0n) is 12.1. The molecule has 1 atom stereocenters. The van der Waals surface area contributed by atoms with E-state index in [-0.39, 0.29) is 5.41 Å². The van der Waals surface area contributed by atoms with Gasteiger partial charge in [0.2, 0.25) is 0 Å². The molecule has 0 aromatic heterocycles. The van der Waals surface area contributed by atoms with E-state index in [0.717, 1.165) is 25.9 Å². The molecule has 1 aromatic carbocycles. The van der Waals surface area contributed by atoms with Crippen LogP contribution in [0.3, 0.4) is 0 Å². The predicted octanol–water partition coefficient (Wildman–Crippen LogP) is 3.64. The summed E-state index contributed by atoms with van der Waals surface area (Å²) in [5, 5.41) is 13.6. The highest BCUT2D eigenvalue weighted by molar-refractivity contribution is 5.35. The molecule has 106 valence electrons. The molecule has 1 aliphatic heterocycles. The Morgan fingerprint density at radius 3 is 2.15 bits per heavy atom. The molecule has 2 aliphatic rings. The minimum atomic E-state index is -0.250. The number of benzene rings is 1. The summed E-state index contributed by atoms with van der Waals surface area (Å²) >= 11 is 0. The Morgan fingerprint density at radius 2 is 1.55 bits per heavy atom. The molecule has 0 radical (unpaired) electrons. The lowest BCUT2D eigenvalue weighted by Gasteiger charge is -2.42. The molecular weight excluding hydrogens is 244 g/mol. The lowest BCUT2D eigenvalue weighted by molar-refractivity contribution is 0.189. The minimum Gasteiger partial charge on any atom is -0.317 e. The van der Waals surface area contributed by atoms with Crippen LogP contribution in [-0.2, 0) is 5.41 Å². The molecule has 1 saturated carbocycles. The van der Waals surface area contributed by atoms with Gasteiger partial charge in [0, 0.05) is 0 Å². The third-order valence-corrected chi connectivity index (χ3v) is 5.42. The fraction of sp³-hybridized carbons (Fsp3) is 0.611. The van der Waals surface area contributed by atoms with Crippen molar-refractivity contribution in [2.45, 2.75) is 43.9 Å². The molecule has 1 saturated heterocycles. The van der Waals surface area contributed by atoms with E-state index in [1.54, 1.807) is 0 Å². The van der Waals surface area contributed by atoms with Gasteiger partial charge in [0.05, 0.1) is 11.5 Å². The van der Waals surface area contributed by atoms with Crippen LogP contribution in [0.2, 0.25) is 0 Å². The van der Waals surface area contributed by atoms with Gasteiger partial charge in [-0.25, -0.2) is 0 Å². The number of piperidine rings is 1. The van der Waals surface area contributed by atoms with E-state index in [9.17, 15) is 5.26 Å². The van der Waals surface area contributed by atoms with Crippen LogP contribution in [0, 0.1) is 23.2 Å². The summed E-state index contributed by atoms with van der Waals surface area (Å²) in [6.45, 7) is 2.13. The highest BCUT2D eigenvalue weighted by atomic mass is 14.9. The fourth-order valence-corrected chi connectivity index (χ4v) is 4.42. The third-order valence-electron chi connectivity index (χ3n) is 5.42. The zero-order valence-corrected chi connectivity index (χ0v) is 12.1. The normalized spacial score (nSPS) is 24.1. The first kappa shape index (κ1) is 13.6. The summed E-state index contributed by atoms with van der Waals surface area (Å²) in [6.07, 6.45) is 7.33. The van der Waals surface area contributed by atoms with Gasteiger partial charge in [-0.05, 0) is 56.2 Å². The second kappa shape index (κ2) is 5.97. The van der Waals surface area contributed by atoms with Gasteiger partial charge in [0.25, 0.3) is 0 Å². The molecule has 2 nitrogen and oxygen atoms in total. The summed E-state index contributed by atoms with van der Waals surface area (Å²) in [5.74, 6) is 1.07. The largest absolute Gasteiger partial charge is 0.317 e. The molecular formula is C18H24N2. The molecule has 2 fully saturated rings. The SMILES string of the molecule is N#CC(c1ccccc1)(C1CCCC1)C1CCNCC1. The molecule has 3 rings (SSSR count). The summed E-state index contributed by atoms with van der Waals surface area (Å²) in [5.41, 5.74) is 1.01. The van der Waals surface area contributed by atoms with Gasteiger partial charge in [-0.1, -0.05) is 43.2 Å². The van der Waals surface area contributed by atoms with E-state index >= 15 is 0 Å². The topological polar surface area (TPSA) is 35.8 Å². The number of nitrogens with one attached hydrogen (secondary N) is 1. The van der Waals surface area contributed by atoms with Crippen molar-refractivity contribution in [2.24, 2.45) is 11.8 Å². The van der Waals surface area contributed by atoms with Gasteiger partial charge in [0.1, 0.15) is 0 Å². The van der Waals surface area contributed by atoms with E-state index in [1.165, 1.54) is 31.2 Å². The van der Waals surface area contributed by atoms with E-state index < -0.39 is 0 Å². The quantitative estimate of drug-likeness (QED) is 0.908. The molecule has 1 aromatic rings. The molecule has 20 heavy (non-hydrogen) atoms. The highest BCUT2D eigenvalue weighted by Crippen LogP contribution is 2.49. The number of hydrogen-bond acceptors (Lipinski definition) is 2. The number of nitrogens with zero attached hydrogens (tertiary/aromatic N) is 1. The van der Waals surface area contributed by atoms with Crippen LogP contribution in [-0.4, -0.2) is 13.1 Å². The van der Waals surface area contributed by atoms with Gasteiger partial charge in [-0.3, -0.25) is 0 Å². The smallest absolute Gasteiger partial charge is 0.0879 e. The molecule has 1 aliphatic carbocycles. The Labute approximate surface area is 122 Å². The van der Waals surface area contributed by atoms with Crippen molar-refractivity contribution < 1.29 is 0 Å². The summed E-state index contributed by atoms with van der Waals surface area (Å²) in [6, 6.07) is 13.4. The van der Waals surface area contributed by atoms with Crippen molar-refractivity contribution in [3.63, 3.8) is 0 Å². The van der Waals surface area contributed by atoms with Crippen molar-refractivity contribution in [1.29, 1.82) is 5.26 Å². The van der Waals surface area contributed by atoms with E-state index in [2.05, 4.69) is 41.7 Å². The summed E-state index contributed by atoms with van der Waals surface area (Å²) in [7, 11) is 0. The Bertz CT molecular complexity index is 464. The molecule has 1 N–H and O–H groups in total. The Kier molecular flexibility index (Phi) is 4.08. The second-order valence-corrected chi connectivity index (χ2v) is 6.35. The van der Waals surface area contributed by atoms with Gasteiger partial charge < -0.3 is 5.32 Å². The molecule has 0 amide bonds. The fourth-order valence-electron chi connectivity index (χ4n) is 4.42. The van der Waals surface area contributed by atoms with Crippen LogP contribution in [0.25, 0.3) is 0 Å². The molecule has 2 heteroatoms. The first-order valence-electron chi connectivity index (χ1n) is 8.05. The average molecular weight is 268 g/mol. The number of hydrogen-bond donors (Lipinski definition) is 1. The Morgan fingerprint density at radius 1 is 0.950 bits per heavy atom. The standard InChI is InChI=1S/C18H24N2/c19-14-18(16-8-4-5-9-16,15-6-2-1-3-7-15)17-10-12-20-13-11-17/h1-3,6-7,16-17,20H,4-5,8-13H2. The van der Waals surface area contributed by atoms with Crippen molar-refractivity contribution in [3.8, 4) is 6.07 Å². The van der Waals surface area contributed by atoms with Crippen molar-refractivity contribution >= 4 is 0 Å². The van der Waals surface area contributed by atoms with Gasteiger partial charge >= 0.3 is 0 Å². The molecule has 0 spiro atoms. The maximum atomic E-state index is 10.2. The highest BCUT2D eigenvalue weighted by Gasteiger charge is 2.47. The maximum absolute atomic E-state index is 10.2. The monoisotopic (exact) mass is 268 g/mol. The minimum absolute atomic E-state index is 0.250. The maximum Gasteiger partial charge on any atom is 0.0879 e. The Balaban J connectivity index is 2.02. The van der Waals surface area contributed by atoms with E-state index in [1.807, 2.05) is 0 Å². The van der Waals surface area contributed by atoms with Crippen LogP contribution in [0.5, 0.6) is 0 Å². The lowest BCUT2D eigenvalue weighted by atomic mass is 9.60. The van der Waals surface area contributed by atoms with Crippen molar-refractivity contribution in [3.05, 3.63) is 35.9 Å². The van der Waals surface area contributed by atoms with Crippen LogP contribution in [0.15, 0.2) is 30.3 Å². The third kappa shape index (κ3) is 2.25. The van der Waals surface area contributed by atoms with Crippen LogP contribution in [0.4, 0.5) is 0 Å². The van der Waals surface area contributed by atoms with E-state index in [4.69, 9.17) is 0 Å². The first-order valence-corrected chi connectivity index (χ1v) is 8.05. The van der Waals surface area contributed by atoms with Gasteiger partial charge in [0.15, 0.2) is 0 Å². The lowest BCUT2D eigenvalue weighted by Crippen LogP contribution is -2.45. The summed E-state index contributed by atoms with van der Waals surface area (Å²) in [4.78, 5) is 0. The zero-order chi connectivity index (χ0) is 13.8. The summed E-state index contributed by atoms with van der Waals surface area (Å²) < 4.78 is 0. The van der Waals surface area contributed by atoms with Crippen LogP contribution in [0.1, 0.15) is 44.1 Å². The van der Waals surface area contributed by atoms with Gasteiger partial charge in [-0.2, -0.15) is 5.26 Å². The molecule has 0 bridgehead atoms. The van der Waals surface area contributed by atoms with Gasteiger partial charge in [-0.15, -0.1) is 0 Å². The van der Waals surface area contributed by atoms with E-state index in [0.29, 0.717) is 11.8 Å². The van der Waals surface area contributed by atoms with Crippen molar-refractivity contribution in [1.82, 2.24) is 5.32 Å². The molecule has 1 unspecified atom stereocenters. The first-order chi connectivity index (χ1) is 9.88. The molecule has 1 heterocycles. The Hall–Kier alpha value is -1.33. The number of rotatable bonds is 3.